The molecule has 5 nitrogen and oxygen atoms in total. The van der Waals surface area contributed by atoms with Gasteiger partial charge >= 0.3 is 0 Å². The summed E-state index contributed by atoms with van der Waals surface area (Å²) in [7, 11) is 0. The predicted octanol–water partition coefficient (Wildman–Crippen LogP) is 5.60. The second kappa shape index (κ2) is 6.83. The fraction of sp³-hybridized carbons (Fsp3) is 0.0800. The van der Waals surface area contributed by atoms with Gasteiger partial charge in [-0.25, -0.2) is 9.37 Å². The zero-order chi connectivity index (χ0) is 22.0. The van der Waals surface area contributed by atoms with E-state index in [2.05, 4.69) is 4.98 Å². The molecule has 32 heavy (non-hydrogen) atoms. The number of halogens is 1. The molecule has 6 rings (SSSR count). The molecule has 156 valence electrons. The van der Waals surface area contributed by atoms with Crippen LogP contribution in [0.2, 0.25) is 0 Å². The van der Waals surface area contributed by atoms with Gasteiger partial charge in [-0.05, 0) is 42.8 Å². The molecule has 0 bridgehead atoms. The van der Waals surface area contributed by atoms with Crippen LogP contribution in [-0.4, -0.2) is 10.9 Å². The van der Waals surface area contributed by atoms with Gasteiger partial charge in [0.25, 0.3) is 5.91 Å². The molecule has 1 amide bonds. The molecule has 3 heterocycles. The Morgan fingerprint density at radius 2 is 1.81 bits per heavy atom. The van der Waals surface area contributed by atoms with Crippen molar-refractivity contribution >= 4 is 43.6 Å². The number of fused-ring (bicyclic) bond motifs is 3. The highest BCUT2D eigenvalue weighted by atomic mass is 32.1. The number of hydrogen-bond acceptors (Lipinski definition) is 5. The summed E-state index contributed by atoms with van der Waals surface area (Å²) in [6, 6.07) is 17.8. The molecule has 5 aromatic rings. The first-order valence-corrected chi connectivity index (χ1v) is 10.9. The molecule has 3 aromatic carbocycles. The first-order chi connectivity index (χ1) is 15.5. The average Bonchev–Trinajstić information content (AvgIpc) is 3.32. The van der Waals surface area contributed by atoms with Crippen molar-refractivity contribution in [2.45, 2.75) is 13.0 Å². The SMILES string of the molecule is Cc1ccc2nc(N3C(=O)c4oc5ccccc5c(=O)c4C3c3ccccc3F)sc2c1. The maximum absolute atomic E-state index is 15.0. The molecular weight excluding hydrogens is 427 g/mol. The van der Waals surface area contributed by atoms with E-state index in [1.807, 2.05) is 25.1 Å². The molecule has 0 aliphatic carbocycles. The van der Waals surface area contributed by atoms with Gasteiger partial charge in [-0.1, -0.05) is 47.7 Å². The summed E-state index contributed by atoms with van der Waals surface area (Å²) < 4.78 is 21.8. The topological polar surface area (TPSA) is 63.4 Å². The minimum absolute atomic E-state index is 0.0719. The highest BCUT2D eigenvalue weighted by molar-refractivity contribution is 7.22. The van der Waals surface area contributed by atoms with Crippen molar-refractivity contribution in [2.24, 2.45) is 0 Å². The maximum atomic E-state index is 15.0. The van der Waals surface area contributed by atoms with Gasteiger partial charge in [0, 0.05) is 5.56 Å². The smallest absolute Gasteiger partial charge is 0.297 e. The first kappa shape index (κ1) is 18.9. The summed E-state index contributed by atoms with van der Waals surface area (Å²) in [5.74, 6) is -1.09. The van der Waals surface area contributed by atoms with Crippen LogP contribution in [0, 0.1) is 12.7 Å². The zero-order valence-electron chi connectivity index (χ0n) is 16.8. The number of rotatable bonds is 2. The molecule has 2 aromatic heterocycles. The number of amides is 1. The molecular formula is C25H15FN2O3S. The Morgan fingerprint density at radius 1 is 1.03 bits per heavy atom. The fourth-order valence-electron chi connectivity index (χ4n) is 4.23. The van der Waals surface area contributed by atoms with Crippen LogP contribution >= 0.6 is 11.3 Å². The number of anilines is 1. The molecule has 0 N–H and O–H groups in total. The van der Waals surface area contributed by atoms with Crippen LogP contribution in [-0.2, 0) is 0 Å². The van der Waals surface area contributed by atoms with E-state index in [1.54, 1.807) is 42.5 Å². The normalized spacial score (nSPS) is 15.6. The van der Waals surface area contributed by atoms with Gasteiger partial charge in [0.15, 0.2) is 10.6 Å². The van der Waals surface area contributed by atoms with E-state index in [9.17, 15) is 14.0 Å². The summed E-state index contributed by atoms with van der Waals surface area (Å²) in [6.07, 6.45) is 0. The number of carbonyl (C=O) groups excluding carboxylic acids is 1. The van der Waals surface area contributed by atoms with Crippen LogP contribution in [0.15, 0.2) is 75.9 Å². The van der Waals surface area contributed by atoms with Crippen molar-refractivity contribution in [1.29, 1.82) is 0 Å². The zero-order valence-corrected chi connectivity index (χ0v) is 17.7. The number of benzene rings is 3. The number of carbonyl (C=O) groups is 1. The lowest BCUT2D eigenvalue weighted by atomic mass is 9.98. The Hall–Kier alpha value is -3.84. The number of aryl methyl sites for hydroxylation is 1. The van der Waals surface area contributed by atoms with Gasteiger partial charge in [0.1, 0.15) is 17.4 Å². The predicted molar refractivity (Wildman–Crippen MR) is 122 cm³/mol. The van der Waals surface area contributed by atoms with Crippen LogP contribution in [0.5, 0.6) is 0 Å². The largest absolute Gasteiger partial charge is 0.450 e. The number of para-hydroxylation sites is 1. The van der Waals surface area contributed by atoms with E-state index in [-0.39, 0.29) is 22.3 Å². The van der Waals surface area contributed by atoms with Crippen molar-refractivity contribution in [3.8, 4) is 0 Å². The molecule has 0 radical (unpaired) electrons. The third-order valence-corrected chi connectivity index (χ3v) is 6.73. The Bertz CT molecular complexity index is 1620. The average molecular weight is 442 g/mol. The number of aromatic nitrogens is 1. The standard InChI is InChI=1S/C25H15FN2O3S/c1-13-10-11-17-19(12-13)32-25(27-17)28-21(14-6-2-4-8-16(14)26)20-22(29)15-7-3-5-9-18(15)31-23(20)24(28)30/h2-12,21H,1H3. The van der Waals surface area contributed by atoms with Gasteiger partial charge in [-0.3, -0.25) is 14.5 Å². The molecule has 7 heteroatoms. The van der Waals surface area contributed by atoms with E-state index >= 15 is 0 Å². The van der Waals surface area contributed by atoms with E-state index < -0.39 is 17.8 Å². The second-order valence-electron chi connectivity index (χ2n) is 7.74. The molecule has 0 fully saturated rings. The summed E-state index contributed by atoms with van der Waals surface area (Å²) in [5, 5.41) is 0.737. The lowest BCUT2D eigenvalue weighted by molar-refractivity contribution is 0.0971. The molecule has 1 unspecified atom stereocenters. The first-order valence-electron chi connectivity index (χ1n) is 10.0. The third kappa shape index (κ3) is 2.64. The lowest BCUT2D eigenvalue weighted by Crippen LogP contribution is -2.30. The van der Waals surface area contributed by atoms with Crippen molar-refractivity contribution < 1.29 is 13.6 Å². The van der Waals surface area contributed by atoms with Crippen LogP contribution in [0.4, 0.5) is 9.52 Å². The molecule has 0 spiro atoms. The molecule has 1 aliphatic heterocycles. The van der Waals surface area contributed by atoms with E-state index in [0.29, 0.717) is 16.1 Å². The summed E-state index contributed by atoms with van der Waals surface area (Å²) >= 11 is 1.33. The Balaban J connectivity index is 1.66. The van der Waals surface area contributed by atoms with Gasteiger partial charge in [-0.2, -0.15) is 0 Å². The monoisotopic (exact) mass is 442 g/mol. The number of hydrogen-bond donors (Lipinski definition) is 0. The third-order valence-electron chi connectivity index (χ3n) is 5.72. The van der Waals surface area contributed by atoms with Gasteiger partial charge in [0.2, 0.25) is 5.76 Å². The highest BCUT2D eigenvalue weighted by Crippen LogP contribution is 2.44. The Labute approximate surface area is 185 Å². The molecule has 1 atom stereocenters. The maximum Gasteiger partial charge on any atom is 0.297 e. The van der Waals surface area contributed by atoms with Gasteiger partial charge in [0.05, 0.1) is 21.2 Å². The molecule has 1 aliphatic rings. The lowest BCUT2D eigenvalue weighted by Gasteiger charge is -2.22. The van der Waals surface area contributed by atoms with E-state index in [4.69, 9.17) is 4.42 Å². The van der Waals surface area contributed by atoms with Crippen LogP contribution in [0.25, 0.3) is 21.2 Å². The summed E-state index contributed by atoms with van der Waals surface area (Å²) in [6.45, 7) is 1.98. The quantitative estimate of drug-likeness (QED) is 0.357. The molecule has 0 saturated carbocycles. The van der Waals surface area contributed by atoms with Crippen molar-refractivity contribution in [3.63, 3.8) is 0 Å². The highest BCUT2D eigenvalue weighted by Gasteiger charge is 2.45. The van der Waals surface area contributed by atoms with Crippen molar-refractivity contribution in [1.82, 2.24) is 4.98 Å². The summed E-state index contributed by atoms with van der Waals surface area (Å²) in [4.78, 5) is 33.1. The second-order valence-corrected chi connectivity index (χ2v) is 8.75. The van der Waals surface area contributed by atoms with Crippen LogP contribution in [0.3, 0.4) is 0 Å². The van der Waals surface area contributed by atoms with Crippen LogP contribution in [0.1, 0.15) is 33.3 Å². The van der Waals surface area contributed by atoms with E-state index in [1.165, 1.54) is 22.3 Å². The Kier molecular flexibility index (Phi) is 4.03. The number of nitrogens with zero attached hydrogens (tertiary/aromatic N) is 2. The molecule has 0 saturated heterocycles. The van der Waals surface area contributed by atoms with Gasteiger partial charge in [-0.15, -0.1) is 0 Å². The Morgan fingerprint density at radius 3 is 2.66 bits per heavy atom. The fourth-order valence-corrected chi connectivity index (χ4v) is 5.32. The minimum Gasteiger partial charge on any atom is -0.450 e. The van der Waals surface area contributed by atoms with Crippen molar-refractivity contribution in [2.75, 3.05) is 4.90 Å². The van der Waals surface area contributed by atoms with Crippen molar-refractivity contribution in [3.05, 3.63) is 105 Å². The van der Waals surface area contributed by atoms with Gasteiger partial charge < -0.3 is 4.42 Å². The van der Waals surface area contributed by atoms with Crippen LogP contribution < -0.4 is 10.3 Å². The number of thiazole rings is 1. The van der Waals surface area contributed by atoms with E-state index in [0.717, 1.165) is 15.8 Å². The summed E-state index contributed by atoms with van der Waals surface area (Å²) in [5.41, 5.74) is 2.13. The minimum atomic E-state index is -0.971.